The van der Waals surface area contributed by atoms with Crippen LogP contribution in [-0.4, -0.2) is 34.7 Å². The second kappa shape index (κ2) is 9.13. The van der Waals surface area contributed by atoms with Gasteiger partial charge in [-0.05, 0) is 42.0 Å². The summed E-state index contributed by atoms with van der Waals surface area (Å²) in [5.41, 5.74) is 1.11. The molecule has 0 spiro atoms. The normalized spacial score (nSPS) is 15.5. The third-order valence-electron chi connectivity index (χ3n) is 5.70. The summed E-state index contributed by atoms with van der Waals surface area (Å²) in [5, 5.41) is 2.76. The van der Waals surface area contributed by atoms with E-state index in [9.17, 15) is 18.0 Å². The quantitative estimate of drug-likeness (QED) is 0.543. The van der Waals surface area contributed by atoms with Gasteiger partial charge in [-0.1, -0.05) is 26.0 Å². The van der Waals surface area contributed by atoms with Crippen LogP contribution in [0.15, 0.2) is 47.5 Å². The minimum atomic E-state index is -2.91. The molecule has 174 valence electrons. The second-order valence-electron chi connectivity index (χ2n) is 8.68. The first-order valence-electron chi connectivity index (χ1n) is 10.5. The summed E-state index contributed by atoms with van der Waals surface area (Å²) in [6, 6.07) is 7.49. The number of ether oxygens (including phenoxy) is 1. The third-order valence-corrected chi connectivity index (χ3v) is 5.70. The minimum absolute atomic E-state index is 0.0215. The van der Waals surface area contributed by atoms with E-state index in [1.54, 1.807) is 12.1 Å². The van der Waals surface area contributed by atoms with Gasteiger partial charge >= 0.3 is 6.61 Å². The Morgan fingerprint density at radius 2 is 1.85 bits per heavy atom. The van der Waals surface area contributed by atoms with Crippen molar-refractivity contribution in [1.29, 1.82) is 0 Å². The predicted octanol–water partition coefficient (Wildman–Crippen LogP) is 4.94. The number of H-pyrrole nitrogens is 1. The Kier molecular flexibility index (Phi) is 6.26. The van der Waals surface area contributed by atoms with Gasteiger partial charge in [-0.2, -0.15) is 13.8 Å². The van der Waals surface area contributed by atoms with Crippen LogP contribution >= 0.6 is 0 Å². The number of benzene rings is 1. The lowest BCUT2D eigenvalue weighted by molar-refractivity contribution is -0.0498. The van der Waals surface area contributed by atoms with Gasteiger partial charge in [-0.15, -0.1) is 0 Å². The van der Waals surface area contributed by atoms with Crippen LogP contribution in [0, 0.1) is 11.2 Å². The molecule has 0 saturated carbocycles. The molecule has 1 aromatic carbocycles. The molecule has 0 amide bonds. The van der Waals surface area contributed by atoms with Crippen LogP contribution in [0.5, 0.6) is 5.75 Å². The maximum atomic E-state index is 14.5. The Morgan fingerprint density at radius 1 is 1.15 bits per heavy atom. The smallest absolute Gasteiger partial charge is 0.387 e. The summed E-state index contributed by atoms with van der Waals surface area (Å²) in [6.45, 7) is 3.03. The summed E-state index contributed by atoms with van der Waals surface area (Å²) in [5.74, 6) is -0.368. The molecule has 0 radical (unpaired) electrons. The van der Waals surface area contributed by atoms with Crippen molar-refractivity contribution in [2.24, 2.45) is 5.41 Å². The lowest BCUT2D eigenvalue weighted by Crippen LogP contribution is -2.38. The average molecular weight is 459 g/mol. The van der Waals surface area contributed by atoms with Gasteiger partial charge in [0.15, 0.2) is 11.6 Å². The number of pyridine rings is 1. The van der Waals surface area contributed by atoms with Crippen molar-refractivity contribution in [1.82, 2.24) is 15.0 Å². The van der Waals surface area contributed by atoms with Crippen LogP contribution in [0.4, 0.5) is 30.6 Å². The van der Waals surface area contributed by atoms with Gasteiger partial charge in [0.05, 0.1) is 6.20 Å². The zero-order chi connectivity index (χ0) is 23.6. The van der Waals surface area contributed by atoms with E-state index in [-0.39, 0.29) is 22.7 Å². The van der Waals surface area contributed by atoms with Crippen LogP contribution in [0.3, 0.4) is 0 Å². The highest BCUT2D eigenvalue weighted by atomic mass is 19.3. The number of aromatic nitrogens is 3. The minimum Gasteiger partial charge on any atom is -0.435 e. The molecule has 0 aliphatic carbocycles. The highest BCUT2D eigenvalue weighted by molar-refractivity contribution is 5.69. The highest BCUT2D eigenvalue weighted by Crippen LogP contribution is 2.32. The van der Waals surface area contributed by atoms with Crippen molar-refractivity contribution in [3.8, 4) is 16.9 Å². The second-order valence-corrected chi connectivity index (χ2v) is 8.68. The summed E-state index contributed by atoms with van der Waals surface area (Å²) in [6.07, 6.45) is 4.51. The standard InChI is InChI=1S/C23H24F3N5O2/c1-23(2)7-9-31(10-8-23)22-28-13-17(24)19(30-22)29-18-11-15(12-27-20(18)32)14-3-5-16(6-4-14)33-21(25)26/h3-6,11-13,21H,7-10H2,1-2H3,(H,27,32)(H,28,29,30). The predicted molar refractivity (Wildman–Crippen MR) is 120 cm³/mol. The molecule has 4 rings (SSSR count). The lowest BCUT2D eigenvalue weighted by atomic mass is 9.83. The zero-order valence-corrected chi connectivity index (χ0v) is 18.2. The Hall–Kier alpha value is -3.56. The number of hydrogen-bond donors (Lipinski definition) is 2. The van der Waals surface area contributed by atoms with Gasteiger partial charge in [-0.25, -0.2) is 9.37 Å². The zero-order valence-electron chi connectivity index (χ0n) is 18.2. The van der Waals surface area contributed by atoms with Gasteiger partial charge in [0.2, 0.25) is 5.95 Å². The molecule has 1 aliphatic rings. The van der Waals surface area contributed by atoms with Crippen molar-refractivity contribution in [2.75, 3.05) is 23.3 Å². The maximum absolute atomic E-state index is 14.5. The fourth-order valence-corrected chi connectivity index (χ4v) is 3.61. The van der Waals surface area contributed by atoms with E-state index in [1.807, 2.05) is 4.90 Å². The first-order chi connectivity index (χ1) is 15.7. The topological polar surface area (TPSA) is 83.1 Å². The Labute approximate surface area is 188 Å². The Bertz CT molecular complexity index is 1170. The number of halogens is 3. The fourth-order valence-electron chi connectivity index (χ4n) is 3.61. The van der Waals surface area contributed by atoms with Gasteiger partial charge < -0.3 is 19.9 Å². The molecule has 1 fully saturated rings. The van der Waals surface area contributed by atoms with Crippen LogP contribution < -0.4 is 20.5 Å². The van der Waals surface area contributed by atoms with E-state index >= 15 is 0 Å². The lowest BCUT2D eigenvalue weighted by Gasteiger charge is -2.36. The van der Waals surface area contributed by atoms with Crippen molar-refractivity contribution >= 4 is 17.5 Å². The molecule has 2 aromatic heterocycles. The van der Waals surface area contributed by atoms with E-state index in [2.05, 4.69) is 38.9 Å². The number of nitrogens with zero attached hydrogens (tertiary/aromatic N) is 3. The monoisotopic (exact) mass is 459 g/mol. The number of aromatic amines is 1. The first-order valence-corrected chi connectivity index (χ1v) is 10.5. The van der Waals surface area contributed by atoms with Crippen molar-refractivity contribution in [3.63, 3.8) is 0 Å². The summed E-state index contributed by atoms with van der Waals surface area (Å²) in [7, 11) is 0. The van der Waals surface area contributed by atoms with Gasteiger partial charge in [0.25, 0.3) is 5.56 Å². The van der Waals surface area contributed by atoms with Crippen LogP contribution in [0.25, 0.3) is 11.1 Å². The van der Waals surface area contributed by atoms with E-state index in [4.69, 9.17) is 0 Å². The number of rotatable bonds is 6. The van der Waals surface area contributed by atoms with Gasteiger partial charge in [0, 0.05) is 24.8 Å². The molecule has 2 N–H and O–H groups in total. The Morgan fingerprint density at radius 3 is 2.52 bits per heavy atom. The van der Waals surface area contributed by atoms with Crippen molar-refractivity contribution in [3.05, 3.63) is 58.9 Å². The number of piperidine rings is 1. The van der Waals surface area contributed by atoms with Gasteiger partial charge in [0.1, 0.15) is 11.4 Å². The van der Waals surface area contributed by atoms with E-state index in [1.165, 1.54) is 24.4 Å². The van der Waals surface area contributed by atoms with Gasteiger partial charge in [-0.3, -0.25) is 4.79 Å². The molecule has 0 bridgehead atoms. The SMILES string of the molecule is CC1(C)CCN(c2ncc(F)c(Nc3cc(-c4ccc(OC(F)F)cc4)c[nH]c3=O)n2)CC1. The Balaban J connectivity index is 1.56. The molecule has 10 heteroatoms. The molecule has 7 nitrogen and oxygen atoms in total. The number of anilines is 3. The number of nitrogens with one attached hydrogen (secondary N) is 2. The molecule has 3 heterocycles. The molecule has 33 heavy (non-hydrogen) atoms. The van der Waals surface area contributed by atoms with Crippen LogP contribution in [-0.2, 0) is 0 Å². The summed E-state index contributed by atoms with van der Waals surface area (Å²) in [4.78, 5) is 25.4. The fraction of sp³-hybridized carbons (Fsp3) is 0.348. The van der Waals surface area contributed by atoms with Crippen molar-refractivity contribution < 1.29 is 17.9 Å². The van der Waals surface area contributed by atoms with Crippen LogP contribution in [0.2, 0.25) is 0 Å². The number of hydrogen-bond acceptors (Lipinski definition) is 6. The first kappa shape index (κ1) is 22.6. The van der Waals surface area contributed by atoms with E-state index < -0.39 is 18.0 Å². The average Bonchev–Trinajstić information content (AvgIpc) is 2.77. The van der Waals surface area contributed by atoms with Crippen molar-refractivity contribution in [2.45, 2.75) is 33.3 Å². The van der Waals surface area contributed by atoms with Crippen LogP contribution in [0.1, 0.15) is 26.7 Å². The number of alkyl halides is 2. The maximum Gasteiger partial charge on any atom is 0.387 e. The summed E-state index contributed by atoms with van der Waals surface area (Å²) >= 11 is 0. The molecule has 3 aromatic rings. The molecular formula is C23H24F3N5O2. The molecular weight excluding hydrogens is 435 g/mol. The van der Waals surface area contributed by atoms with E-state index in [0.717, 1.165) is 32.1 Å². The molecule has 0 unspecified atom stereocenters. The largest absolute Gasteiger partial charge is 0.435 e. The molecule has 0 atom stereocenters. The molecule has 1 saturated heterocycles. The van der Waals surface area contributed by atoms with E-state index in [0.29, 0.717) is 17.1 Å². The highest BCUT2D eigenvalue weighted by Gasteiger charge is 2.27. The summed E-state index contributed by atoms with van der Waals surface area (Å²) < 4.78 is 43.5. The molecule has 1 aliphatic heterocycles. The third kappa shape index (κ3) is 5.44.